The predicted octanol–water partition coefficient (Wildman–Crippen LogP) is 2.88. The van der Waals surface area contributed by atoms with E-state index in [1.165, 1.54) is 0 Å². The average Bonchev–Trinajstić information content (AvgIpc) is 3.01. The minimum atomic E-state index is 0.0286. The van der Waals surface area contributed by atoms with Crippen molar-refractivity contribution in [3.63, 3.8) is 0 Å². The predicted molar refractivity (Wildman–Crippen MR) is 95.5 cm³/mol. The van der Waals surface area contributed by atoms with E-state index in [2.05, 4.69) is 28.9 Å². The van der Waals surface area contributed by atoms with E-state index >= 15 is 0 Å². The van der Waals surface area contributed by atoms with Crippen molar-refractivity contribution in [2.45, 2.75) is 26.8 Å². The van der Waals surface area contributed by atoms with Gasteiger partial charge in [0.05, 0.1) is 6.54 Å². The molecule has 1 amide bonds. The first-order valence-corrected chi connectivity index (χ1v) is 8.97. The van der Waals surface area contributed by atoms with Crippen molar-refractivity contribution in [3.8, 4) is 0 Å². The van der Waals surface area contributed by atoms with E-state index in [9.17, 15) is 4.79 Å². The van der Waals surface area contributed by atoms with E-state index < -0.39 is 0 Å². The molecule has 1 aliphatic heterocycles. The maximum absolute atomic E-state index is 12.5. The molecule has 0 bridgehead atoms. The van der Waals surface area contributed by atoms with Crippen LogP contribution in [-0.4, -0.2) is 52.0 Å². The van der Waals surface area contributed by atoms with Gasteiger partial charge in [-0.2, -0.15) is 4.98 Å². The first kappa shape index (κ1) is 17.9. The zero-order valence-corrected chi connectivity index (χ0v) is 15.4. The second-order valence-electron chi connectivity index (χ2n) is 6.78. The van der Waals surface area contributed by atoms with Crippen molar-refractivity contribution >= 4 is 17.5 Å². The van der Waals surface area contributed by atoms with Gasteiger partial charge in [0, 0.05) is 43.2 Å². The molecule has 7 heteroatoms. The third kappa shape index (κ3) is 4.80. The quantitative estimate of drug-likeness (QED) is 0.818. The second-order valence-corrected chi connectivity index (χ2v) is 7.22. The van der Waals surface area contributed by atoms with E-state index in [0.717, 1.165) is 19.5 Å². The molecule has 1 aliphatic rings. The smallest absolute Gasteiger partial charge is 0.253 e. The number of halogens is 1. The van der Waals surface area contributed by atoms with Crippen molar-refractivity contribution in [1.29, 1.82) is 0 Å². The number of rotatable bonds is 5. The maximum atomic E-state index is 12.5. The zero-order chi connectivity index (χ0) is 17.8. The van der Waals surface area contributed by atoms with Gasteiger partial charge in [-0.25, -0.2) is 0 Å². The van der Waals surface area contributed by atoms with Crippen LogP contribution in [0.2, 0.25) is 5.02 Å². The van der Waals surface area contributed by atoms with Gasteiger partial charge in [0.15, 0.2) is 5.82 Å². The highest BCUT2D eigenvalue weighted by Gasteiger charge is 2.23. The van der Waals surface area contributed by atoms with Crippen LogP contribution in [0.4, 0.5) is 0 Å². The molecular weight excluding hydrogens is 340 g/mol. The standard InChI is InChI=1S/C18H23ClN4O2/c1-13(2)10-17-20-16(21-25-17)12-22-6-8-23(9-7-22)18(24)14-4-3-5-15(19)11-14/h3-5,11,13H,6-10,12H2,1-2H3. The van der Waals surface area contributed by atoms with E-state index in [1.807, 2.05) is 4.90 Å². The number of aromatic nitrogens is 2. The summed E-state index contributed by atoms with van der Waals surface area (Å²) in [6.45, 7) is 7.85. The Morgan fingerprint density at radius 2 is 2.04 bits per heavy atom. The van der Waals surface area contributed by atoms with Crippen LogP contribution in [0.5, 0.6) is 0 Å². The first-order chi connectivity index (χ1) is 12.0. The van der Waals surface area contributed by atoms with Crippen LogP contribution < -0.4 is 0 Å². The maximum Gasteiger partial charge on any atom is 0.253 e. The van der Waals surface area contributed by atoms with E-state index in [-0.39, 0.29) is 5.91 Å². The Balaban J connectivity index is 1.51. The summed E-state index contributed by atoms with van der Waals surface area (Å²) < 4.78 is 5.28. The monoisotopic (exact) mass is 362 g/mol. The molecule has 2 aromatic rings. The van der Waals surface area contributed by atoms with Gasteiger partial charge in [-0.3, -0.25) is 9.69 Å². The van der Waals surface area contributed by atoms with Gasteiger partial charge in [-0.05, 0) is 24.1 Å². The molecule has 0 spiro atoms. The highest BCUT2D eigenvalue weighted by molar-refractivity contribution is 6.30. The normalized spacial score (nSPS) is 15.8. The third-order valence-electron chi connectivity index (χ3n) is 4.19. The van der Waals surface area contributed by atoms with Crippen LogP contribution in [0.25, 0.3) is 0 Å². The molecule has 0 saturated carbocycles. The molecule has 2 heterocycles. The van der Waals surface area contributed by atoms with Crippen LogP contribution in [0, 0.1) is 5.92 Å². The van der Waals surface area contributed by atoms with Gasteiger partial charge >= 0.3 is 0 Å². The minimum Gasteiger partial charge on any atom is -0.339 e. The summed E-state index contributed by atoms with van der Waals surface area (Å²) in [6.07, 6.45) is 0.801. The number of piperazine rings is 1. The zero-order valence-electron chi connectivity index (χ0n) is 14.6. The number of carbonyl (C=O) groups is 1. The fourth-order valence-corrected chi connectivity index (χ4v) is 3.09. The van der Waals surface area contributed by atoms with Crippen LogP contribution in [0.15, 0.2) is 28.8 Å². The Morgan fingerprint density at radius 3 is 2.72 bits per heavy atom. The molecule has 6 nitrogen and oxygen atoms in total. The second kappa shape index (κ2) is 7.97. The van der Waals surface area contributed by atoms with Gasteiger partial charge in [-0.1, -0.05) is 36.7 Å². The summed E-state index contributed by atoms with van der Waals surface area (Å²) in [7, 11) is 0. The molecule has 25 heavy (non-hydrogen) atoms. The fraction of sp³-hybridized carbons (Fsp3) is 0.500. The van der Waals surface area contributed by atoms with Crippen molar-refractivity contribution in [2.75, 3.05) is 26.2 Å². The number of carbonyl (C=O) groups excluding carboxylic acids is 1. The molecule has 0 unspecified atom stereocenters. The Morgan fingerprint density at radius 1 is 1.28 bits per heavy atom. The molecule has 0 atom stereocenters. The minimum absolute atomic E-state index is 0.0286. The molecule has 1 fully saturated rings. The molecule has 1 aromatic carbocycles. The number of benzene rings is 1. The summed E-state index contributed by atoms with van der Waals surface area (Å²) in [4.78, 5) is 21.1. The van der Waals surface area contributed by atoms with E-state index in [1.54, 1.807) is 24.3 Å². The Hall–Kier alpha value is -1.92. The topological polar surface area (TPSA) is 62.5 Å². The number of amides is 1. The van der Waals surface area contributed by atoms with Gasteiger partial charge in [-0.15, -0.1) is 0 Å². The van der Waals surface area contributed by atoms with Crippen LogP contribution in [0.1, 0.15) is 35.9 Å². The summed E-state index contributed by atoms with van der Waals surface area (Å²) in [5.41, 5.74) is 0.637. The highest BCUT2D eigenvalue weighted by Crippen LogP contribution is 2.15. The molecule has 3 rings (SSSR count). The number of nitrogens with zero attached hydrogens (tertiary/aromatic N) is 4. The molecule has 1 aromatic heterocycles. The summed E-state index contributed by atoms with van der Waals surface area (Å²) in [5, 5.41) is 4.63. The van der Waals surface area contributed by atoms with E-state index in [4.69, 9.17) is 16.1 Å². The van der Waals surface area contributed by atoms with Crippen molar-refractivity contribution in [1.82, 2.24) is 19.9 Å². The molecule has 0 radical (unpaired) electrons. The Labute approximate surface area is 152 Å². The van der Waals surface area contributed by atoms with Crippen molar-refractivity contribution in [3.05, 3.63) is 46.6 Å². The van der Waals surface area contributed by atoms with Gasteiger partial charge in [0.25, 0.3) is 5.91 Å². The van der Waals surface area contributed by atoms with Crippen molar-refractivity contribution < 1.29 is 9.32 Å². The summed E-state index contributed by atoms with van der Waals surface area (Å²) >= 11 is 5.97. The summed E-state index contributed by atoms with van der Waals surface area (Å²) in [6, 6.07) is 7.09. The lowest BCUT2D eigenvalue weighted by Gasteiger charge is -2.34. The van der Waals surface area contributed by atoms with Gasteiger partial charge < -0.3 is 9.42 Å². The van der Waals surface area contributed by atoms with Crippen LogP contribution >= 0.6 is 11.6 Å². The Kier molecular flexibility index (Phi) is 5.71. The lowest BCUT2D eigenvalue weighted by atomic mass is 10.1. The van der Waals surface area contributed by atoms with Gasteiger partial charge in [0.2, 0.25) is 5.89 Å². The largest absolute Gasteiger partial charge is 0.339 e. The Bertz CT molecular complexity index is 723. The van der Waals surface area contributed by atoms with Crippen molar-refractivity contribution in [2.24, 2.45) is 5.92 Å². The lowest BCUT2D eigenvalue weighted by Crippen LogP contribution is -2.48. The fourth-order valence-electron chi connectivity index (χ4n) is 2.90. The van der Waals surface area contributed by atoms with Crippen LogP contribution in [0.3, 0.4) is 0 Å². The third-order valence-corrected chi connectivity index (χ3v) is 4.42. The molecule has 0 aliphatic carbocycles. The first-order valence-electron chi connectivity index (χ1n) is 8.60. The SMILES string of the molecule is CC(C)Cc1nc(CN2CCN(C(=O)c3cccc(Cl)c3)CC2)no1. The molecule has 134 valence electrons. The molecule has 0 N–H and O–H groups in total. The number of hydrogen-bond donors (Lipinski definition) is 0. The van der Waals surface area contributed by atoms with E-state index in [0.29, 0.717) is 47.9 Å². The molecular formula is C18H23ClN4O2. The highest BCUT2D eigenvalue weighted by atomic mass is 35.5. The number of hydrogen-bond acceptors (Lipinski definition) is 5. The van der Waals surface area contributed by atoms with Gasteiger partial charge in [0.1, 0.15) is 0 Å². The summed E-state index contributed by atoms with van der Waals surface area (Å²) in [5.74, 6) is 1.93. The average molecular weight is 363 g/mol. The molecule has 1 saturated heterocycles. The lowest BCUT2D eigenvalue weighted by molar-refractivity contribution is 0.0624. The van der Waals surface area contributed by atoms with Crippen LogP contribution in [-0.2, 0) is 13.0 Å².